The van der Waals surface area contributed by atoms with E-state index in [2.05, 4.69) is 69.0 Å². The molecule has 0 aliphatic rings. The molecule has 1 N–H and O–H groups in total. The Kier molecular flexibility index (Phi) is 5.03. The second-order valence-corrected chi connectivity index (χ2v) is 5.75. The number of anilines is 1. The highest BCUT2D eigenvalue weighted by Crippen LogP contribution is 2.23. The van der Waals surface area contributed by atoms with Crippen LogP contribution in [0.25, 0.3) is 0 Å². The van der Waals surface area contributed by atoms with E-state index in [1.165, 1.54) is 11.1 Å². The summed E-state index contributed by atoms with van der Waals surface area (Å²) in [6.07, 6.45) is -0.466. The molecule has 112 valence electrons. The van der Waals surface area contributed by atoms with Crippen molar-refractivity contribution in [2.45, 2.75) is 33.8 Å². The molecule has 2 aromatic carbocycles. The standard InChI is InChI=1S/C19H25NO/c1-5-20(17-9-6-14(2)7-10-17)13-19(21)18-11-8-15(3)12-16(18)4/h6-12,19,21H,5,13H2,1-4H3. The van der Waals surface area contributed by atoms with E-state index in [1.807, 2.05) is 6.07 Å². The van der Waals surface area contributed by atoms with Gasteiger partial charge in [-0.3, -0.25) is 0 Å². The first-order valence-electron chi connectivity index (χ1n) is 7.58. The lowest BCUT2D eigenvalue weighted by atomic mass is 10.0. The second-order valence-electron chi connectivity index (χ2n) is 5.75. The molecule has 0 saturated heterocycles. The number of likely N-dealkylation sites (N-methyl/N-ethyl adjacent to an activating group) is 1. The Bertz CT molecular complexity index is 589. The van der Waals surface area contributed by atoms with Crippen LogP contribution < -0.4 is 4.90 Å². The van der Waals surface area contributed by atoms with Crippen molar-refractivity contribution >= 4 is 5.69 Å². The minimum Gasteiger partial charge on any atom is -0.387 e. The fourth-order valence-corrected chi connectivity index (χ4v) is 2.68. The topological polar surface area (TPSA) is 23.5 Å². The Morgan fingerprint density at radius 3 is 2.14 bits per heavy atom. The number of aliphatic hydroxyl groups is 1. The van der Waals surface area contributed by atoms with Gasteiger partial charge in [-0.15, -0.1) is 0 Å². The lowest BCUT2D eigenvalue weighted by Gasteiger charge is -2.27. The first-order valence-corrected chi connectivity index (χ1v) is 7.58. The van der Waals surface area contributed by atoms with Gasteiger partial charge in [0.15, 0.2) is 0 Å². The van der Waals surface area contributed by atoms with Crippen LogP contribution in [0.3, 0.4) is 0 Å². The highest BCUT2D eigenvalue weighted by atomic mass is 16.3. The molecule has 0 saturated carbocycles. The third-order valence-corrected chi connectivity index (χ3v) is 3.96. The maximum Gasteiger partial charge on any atom is 0.0967 e. The van der Waals surface area contributed by atoms with Crippen molar-refractivity contribution in [3.63, 3.8) is 0 Å². The number of aliphatic hydroxyl groups excluding tert-OH is 1. The molecule has 0 aliphatic carbocycles. The molecule has 1 atom stereocenters. The molecule has 0 heterocycles. The van der Waals surface area contributed by atoms with E-state index in [0.29, 0.717) is 6.54 Å². The van der Waals surface area contributed by atoms with Crippen LogP contribution in [0.5, 0.6) is 0 Å². The molecule has 0 fully saturated rings. The molecule has 0 aromatic heterocycles. The molecule has 2 heteroatoms. The van der Waals surface area contributed by atoms with E-state index in [0.717, 1.165) is 23.4 Å². The molecule has 2 nitrogen and oxygen atoms in total. The Labute approximate surface area is 128 Å². The molecular weight excluding hydrogens is 258 g/mol. The van der Waals surface area contributed by atoms with Crippen LogP contribution in [-0.4, -0.2) is 18.2 Å². The van der Waals surface area contributed by atoms with E-state index < -0.39 is 6.10 Å². The van der Waals surface area contributed by atoms with Gasteiger partial charge in [0.2, 0.25) is 0 Å². The molecule has 0 amide bonds. The maximum atomic E-state index is 10.6. The first kappa shape index (κ1) is 15.6. The fraction of sp³-hybridized carbons (Fsp3) is 0.368. The van der Waals surface area contributed by atoms with Gasteiger partial charge in [0, 0.05) is 18.8 Å². The van der Waals surface area contributed by atoms with Gasteiger partial charge in [0.25, 0.3) is 0 Å². The van der Waals surface area contributed by atoms with Crippen LogP contribution in [-0.2, 0) is 0 Å². The van der Waals surface area contributed by atoms with Crippen molar-refractivity contribution in [2.24, 2.45) is 0 Å². The minimum absolute atomic E-state index is 0.466. The summed E-state index contributed by atoms with van der Waals surface area (Å²) in [6, 6.07) is 14.7. The van der Waals surface area contributed by atoms with E-state index in [9.17, 15) is 5.11 Å². The first-order chi connectivity index (χ1) is 10.0. The predicted octanol–water partition coefficient (Wildman–Crippen LogP) is 4.17. The van der Waals surface area contributed by atoms with Gasteiger partial charge in [0.1, 0.15) is 0 Å². The van der Waals surface area contributed by atoms with Crippen LogP contribution in [0.15, 0.2) is 42.5 Å². The van der Waals surface area contributed by atoms with Crippen molar-refractivity contribution < 1.29 is 5.11 Å². The number of hydrogen-bond acceptors (Lipinski definition) is 2. The lowest BCUT2D eigenvalue weighted by molar-refractivity contribution is 0.183. The molecular formula is C19H25NO. The number of rotatable bonds is 5. The summed E-state index contributed by atoms with van der Waals surface area (Å²) >= 11 is 0. The molecule has 2 aromatic rings. The average molecular weight is 283 g/mol. The van der Waals surface area contributed by atoms with Crippen LogP contribution in [0.4, 0.5) is 5.69 Å². The van der Waals surface area contributed by atoms with Crippen LogP contribution >= 0.6 is 0 Å². The zero-order valence-electron chi connectivity index (χ0n) is 13.4. The highest BCUT2D eigenvalue weighted by molar-refractivity contribution is 5.48. The van der Waals surface area contributed by atoms with Gasteiger partial charge in [-0.1, -0.05) is 41.5 Å². The monoisotopic (exact) mass is 283 g/mol. The van der Waals surface area contributed by atoms with Crippen LogP contribution in [0.2, 0.25) is 0 Å². The van der Waals surface area contributed by atoms with Gasteiger partial charge >= 0.3 is 0 Å². The highest BCUT2D eigenvalue weighted by Gasteiger charge is 2.15. The number of nitrogens with zero attached hydrogens (tertiary/aromatic N) is 1. The normalized spacial score (nSPS) is 12.2. The summed E-state index contributed by atoms with van der Waals surface area (Å²) in [5, 5.41) is 10.6. The van der Waals surface area contributed by atoms with E-state index in [1.54, 1.807) is 0 Å². The number of benzene rings is 2. The Morgan fingerprint density at radius 2 is 1.57 bits per heavy atom. The summed E-state index contributed by atoms with van der Waals surface area (Å²) in [6.45, 7) is 9.84. The number of hydrogen-bond donors (Lipinski definition) is 1. The molecule has 0 bridgehead atoms. The van der Waals surface area contributed by atoms with Crippen molar-refractivity contribution in [3.05, 3.63) is 64.7 Å². The molecule has 0 radical (unpaired) electrons. The summed E-state index contributed by atoms with van der Waals surface area (Å²) in [5.74, 6) is 0. The van der Waals surface area contributed by atoms with Crippen molar-refractivity contribution in [1.29, 1.82) is 0 Å². The maximum absolute atomic E-state index is 10.6. The molecule has 2 rings (SSSR count). The summed E-state index contributed by atoms with van der Waals surface area (Å²) in [4.78, 5) is 2.21. The van der Waals surface area contributed by atoms with Crippen LogP contribution in [0, 0.1) is 20.8 Å². The minimum atomic E-state index is -0.466. The predicted molar refractivity (Wildman–Crippen MR) is 89.9 cm³/mol. The average Bonchev–Trinajstić information content (AvgIpc) is 2.45. The molecule has 0 aliphatic heterocycles. The third kappa shape index (κ3) is 3.85. The Morgan fingerprint density at radius 1 is 0.952 bits per heavy atom. The molecule has 0 spiro atoms. The van der Waals surface area contributed by atoms with E-state index in [-0.39, 0.29) is 0 Å². The zero-order valence-corrected chi connectivity index (χ0v) is 13.4. The van der Waals surface area contributed by atoms with Gasteiger partial charge in [-0.25, -0.2) is 0 Å². The van der Waals surface area contributed by atoms with Crippen LogP contribution in [0.1, 0.15) is 35.3 Å². The van der Waals surface area contributed by atoms with Gasteiger partial charge in [0.05, 0.1) is 6.10 Å². The largest absolute Gasteiger partial charge is 0.387 e. The molecule has 1 unspecified atom stereocenters. The Balaban J connectivity index is 2.15. The van der Waals surface area contributed by atoms with Gasteiger partial charge < -0.3 is 10.0 Å². The quantitative estimate of drug-likeness (QED) is 0.890. The van der Waals surface area contributed by atoms with Crippen molar-refractivity contribution in [3.8, 4) is 0 Å². The second kappa shape index (κ2) is 6.77. The van der Waals surface area contributed by atoms with Crippen molar-refractivity contribution in [2.75, 3.05) is 18.0 Å². The molecule has 21 heavy (non-hydrogen) atoms. The Hall–Kier alpha value is -1.80. The van der Waals surface area contributed by atoms with Gasteiger partial charge in [-0.05, 0) is 51.0 Å². The number of aryl methyl sites for hydroxylation is 3. The summed E-state index contributed by atoms with van der Waals surface area (Å²) in [7, 11) is 0. The van der Waals surface area contributed by atoms with Gasteiger partial charge in [-0.2, -0.15) is 0 Å². The van der Waals surface area contributed by atoms with E-state index in [4.69, 9.17) is 0 Å². The third-order valence-electron chi connectivity index (χ3n) is 3.96. The smallest absolute Gasteiger partial charge is 0.0967 e. The zero-order chi connectivity index (χ0) is 15.4. The fourth-order valence-electron chi connectivity index (χ4n) is 2.68. The van der Waals surface area contributed by atoms with Crippen molar-refractivity contribution in [1.82, 2.24) is 0 Å². The summed E-state index contributed by atoms with van der Waals surface area (Å²) < 4.78 is 0. The van der Waals surface area contributed by atoms with E-state index >= 15 is 0 Å². The lowest BCUT2D eigenvalue weighted by Crippen LogP contribution is -2.28. The summed E-state index contributed by atoms with van der Waals surface area (Å²) in [5.41, 5.74) is 5.82. The SMILES string of the molecule is CCN(CC(O)c1ccc(C)cc1C)c1ccc(C)cc1.